The van der Waals surface area contributed by atoms with Crippen molar-refractivity contribution < 1.29 is 22.1 Å². The molecular weight excluding hydrogens is 368 g/mol. The van der Waals surface area contributed by atoms with E-state index in [2.05, 4.69) is 9.97 Å². The van der Waals surface area contributed by atoms with Gasteiger partial charge >= 0.3 is 0 Å². The summed E-state index contributed by atoms with van der Waals surface area (Å²) >= 11 is 0. The Morgan fingerprint density at radius 2 is 1.93 bits per heavy atom. The summed E-state index contributed by atoms with van der Waals surface area (Å²) in [4.78, 5) is 8.68. The number of nitrogens with zero attached hydrogens (tertiary/aromatic N) is 2. The van der Waals surface area contributed by atoms with Gasteiger partial charge < -0.3 is 9.47 Å². The van der Waals surface area contributed by atoms with E-state index in [0.29, 0.717) is 22.7 Å². The summed E-state index contributed by atoms with van der Waals surface area (Å²) in [7, 11) is -3.86. The van der Waals surface area contributed by atoms with Crippen LogP contribution >= 0.6 is 0 Å². The van der Waals surface area contributed by atoms with E-state index < -0.39 is 16.2 Å². The van der Waals surface area contributed by atoms with Gasteiger partial charge in [-0.1, -0.05) is 17.7 Å². The summed E-state index contributed by atoms with van der Waals surface area (Å²) in [5.74, 6) is 1.73. The van der Waals surface area contributed by atoms with Crippen molar-refractivity contribution in [2.24, 2.45) is 0 Å². The lowest BCUT2D eigenvalue weighted by Crippen LogP contribution is -2.34. The topological polar surface area (TPSA) is 87.6 Å². The Hall–Kier alpha value is -2.71. The summed E-state index contributed by atoms with van der Waals surface area (Å²) in [6.07, 6.45) is 1.11. The summed E-state index contributed by atoms with van der Waals surface area (Å²) in [5.41, 5.74) is 1.71. The Labute approximate surface area is 157 Å². The molecule has 27 heavy (non-hydrogen) atoms. The van der Waals surface area contributed by atoms with Crippen LogP contribution in [-0.2, 0) is 14.3 Å². The number of benzene rings is 2. The van der Waals surface area contributed by atoms with E-state index in [0.717, 1.165) is 11.1 Å². The fourth-order valence-corrected chi connectivity index (χ4v) is 3.73. The number of ether oxygens (including phenoxy) is 2. The van der Waals surface area contributed by atoms with Crippen LogP contribution in [0.15, 0.2) is 47.5 Å². The van der Waals surface area contributed by atoms with Crippen LogP contribution in [0.1, 0.15) is 11.4 Å². The first-order chi connectivity index (χ1) is 12.9. The molecule has 140 valence electrons. The molecule has 0 radical (unpaired) electrons. The molecule has 0 saturated heterocycles. The van der Waals surface area contributed by atoms with Crippen molar-refractivity contribution >= 4 is 21.0 Å². The number of aromatic nitrogens is 2. The monoisotopic (exact) mass is 386 g/mol. The molecule has 1 aliphatic rings. The second kappa shape index (κ2) is 6.79. The van der Waals surface area contributed by atoms with Gasteiger partial charge in [0.15, 0.2) is 17.6 Å². The molecule has 1 atom stereocenters. The van der Waals surface area contributed by atoms with E-state index in [1.165, 1.54) is 12.1 Å². The molecule has 4 rings (SSSR count). The Balaban J connectivity index is 1.52. The molecular formula is C19H18N2O5S. The first-order valence-electron chi connectivity index (χ1n) is 8.44. The van der Waals surface area contributed by atoms with Gasteiger partial charge in [-0.05, 0) is 38.1 Å². The maximum Gasteiger partial charge on any atom is 0.297 e. The molecule has 0 saturated carbocycles. The van der Waals surface area contributed by atoms with Crippen molar-refractivity contribution in [3.8, 4) is 11.5 Å². The molecule has 0 unspecified atom stereocenters. The predicted octanol–water partition coefficient (Wildman–Crippen LogP) is 2.79. The van der Waals surface area contributed by atoms with E-state index in [4.69, 9.17) is 13.7 Å². The third-order valence-electron chi connectivity index (χ3n) is 4.23. The zero-order chi connectivity index (χ0) is 19.0. The summed E-state index contributed by atoms with van der Waals surface area (Å²) in [6.45, 7) is 3.73. The SMILES string of the molecule is Cc1ccc(S(=O)(=O)OC[C@H]2COc3ccc4nc(C)ncc4c3O2)cc1. The summed E-state index contributed by atoms with van der Waals surface area (Å²) < 4.78 is 41.5. The van der Waals surface area contributed by atoms with Crippen LogP contribution < -0.4 is 9.47 Å². The molecule has 2 aromatic carbocycles. The first-order valence-corrected chi connectivity index (χ1v) is 9.85. The molecule has 0 bridgehead atoms. The minimum Gasteiger partial charge on any atom is -0.486 e. The maximum atomic E-state index is 12.3. The third kappa shape index (κ3) is 3.58. The molecule has 0 N–H and O–H groups in total. The van der Waals surface area contributed by atoms with Gasteiger partial charge in [0.2, 0.25) is 0 Å². The highest BCUT2D eigenvalue weighted by atomic mass is 32.2. The van der Waals surface area contributed by atoms with Crippen LogP contribution in [0, 0.1) is 13.8 Å². The quantitative estimate of drug-likeness (QED) is 0.637. The molecule has 0 aliphatic carbocycles. The summed E-state index contributed by atoms with van der Waals surface area (Å²) in [6, 6.07) is 10.1. The minimum atomic E-state index is -3.86. The normalized spacial score (nSPS) is 16.4. The van der Waals surface area contributed by atoms with E-state index in [-0.39, 0.29) is 18.1 Å². The van der Waals surface area contributed by atoms with Crippen molar-refractivity contribution in [3.05, 3.63) is 54.0 Å². The molecule has 8 heteroatoms. The molecule has 0 fully saturated rings. The van der Waals surface area contributed by atoms with Crippen molar-refractivity contribution in [2.75, 3.05) is 13.2 Å². The Bertz CT molecular complexity index is 1100. The van der Waals surface area contributed by atoms with Gasteiger partial charge in [-0.2, -0.15) is 8.42 Å². The number of rotatable bonds is 4. The Morgan fingerprint density at radius 1 is 1.15 bits per heavy atom. The minimum absolute atomic E-state index is 0.111. The number of hydrogen-bond acceptors (Lipinski definition) is 7. The fourth-order valence-electron chi connectivity index (χ4n) is 2.79. The lowest BCUT2D eigenvalue weighted by atomic mass is 10.2. The zero-order valence-corrected chi connectivity index (χ0v) is 15.7. The molecule has 7 nitrogen and oxygen atoms in total. The molecule has 2 heterocycles. The van der Waals surface area contributed by atoms with Crippen LogP contribution in [0.3, 0.4) is 0 Å². The van der Waals surface area contributed by atoms with Crippen molar-refractivity contribution in [1.82, 2.24) is 9.97 Å². The smallest absolute Gasteiger partial charge is 0.297 e. The van der Waals surface area contributed by atoms with Gasteiger partial charge in [0.05, 0.1) is 15.8 Å². The second-order valence-corrected chi connectivity index (χ2v) is 7.96. The van der Waals surface area contributed by atoms with Gasteiger partial charge in [-0.15, -0.1) is 0 Å². The van der Waals surface area contributed by atoms with E-state index in [1.54, 1.807) is 24.4 Å². The van der Waals surface area contributed by atoms with Gasteiger partial charge in [-0.25, -0.2) is 9.97 Å². The van der Waals surface area contributed by atoms with Crippen LogP contribution in [-0.4, -0.2) is 37.7 Å². The molecule has 0 spiro atoms. The molecule has 1 aliphatic heterocycles. The lowest BCUT2D eigenvalue weighted by molar-refractivity contribution is 0.0571. The average molecular weight is 386 g/mol. The van der Waals surface area contributed by atoms with Crippen LogP contribution in [0.5, 0.6) is 11.5 Å². The highest BCUT2D eigenvalue weighted by Gasteiger charge is 2.26. The predicted molar refractivity (Wildman–Crippen MR) is 98.5 cm³/mol. The van der Waals surface area contributed by atoms with Crippen molar-refractivity contribution in [2.45, 2.75) is 24.8 Å². The zero-order valence-electron chi connectivity index (χ0n) is 14.9. The van der Waals surface area contributed by atoms with E-state index >= 15 is 0 Å². The summed E-state index contributed by atoms with van der Waals surface area (Å²) in [5, 5.41) is 0.712. The van der Waals surface area contributed by atoms with Crippen LogP contribution in [0.4, 0.5) is 0 Å². The second-order valence-electron chi connectivity index (χ2n) is 6.35. The lowest BCUT2D eigenvalue weighted by Gasteiger charge is -2.27. The molecule has 3 aromatic rings. The van der Waals surface area contributed by atoms with Crippen molar-refractivity contribution in [3.63, 3.8) is 0 Å². The standard InChI is InChI=1S/C19H18N2O5S/c1-12-3-5-15(6-4-12)27(22,23)25-11-14-10-24-18-8-7-17-16(19(18)26-14)9-20-13(2)21-17/h3-9,14H,10-11H2,1-2H3/t14-/m1/s1. The first kappa shape index (κ1) is 17.7. The van der Waals surface area contributed by atoms with E-state index in [1.807, 2.05) is 19.9 Å². The number of aryl methyl sites for hydroxylation is 2. The number of fused-ring (bicyclic) bond motifs is 3. The highest BCUT2D eigenvalue weighted by Crippen LogP contribution is 2.38. The van der Waals surface area contributed by atoms with Crippen LogP contribution in [0.25, 0.3) is 10.9 Å². The maximum absolute atomic E-state index is 12.3. The van der Waals surface area contributed by atoms with Gasteiger partial charge in [0.25, 0.3) is 10.1 Å². The number of hydrogen-bond donors (Lipinski definition) is 0. The third-order valence-corrected chi connectivity index (χ3v) is 5.52. The Morgan fingerprint density at radius 3 is 2.70 bits per heavy atom. The molecule has 1 aromatic heterocycles. The fraction of sp³-hybridized carbons (Fsp3) is 0.263. The van der Waals surface area contributed by atoms with Gasteiger partial charge in [-0.3, -0.25) is 4.18 Å². The largest absolute Gasteiger partial charge is 0.486 e. The average Bonchev–Trinajstić information content (AvgIpc) is 2.66. The molecule has 0 amide bonds. The van der Waals surface area contributed by atoms with Gasteiger partial charge in [0, 0.05) is 6.20 Å². The Kier molecular flexibility index (Phi) is 4.45. The van der Waals surface area contributed by atoms with Crippen LogP contribution in [0.2, 0.25) is 0 Å². The van der Waals surface area contributed by atoms with Gasteiger partial charge in [0.1, 0.15) is 19.0 Å². The van der Waals surface area contributed by atoms with Crippen molar-refractivity contribution in [1.29, 1.82) is 0 Å². The van der Waals surface area contributed by atoms with E-state index in [9.17, 15) is 8.42 Å². The highest BCUT2D eigenvalue weighted by molar-refractivity contribution is 7.86.